The SMILES string of the molecule is COc1cc(-c2cccc([C@@H]3CN(C)C(OC(=O)C(F)(F)F)c4c(Cl)cc(Cl)cc43)c2)ncn1. The van der Waals surface area contributed by atoms with Gasteiger partial charge in [-0.2, -0.15) is 13.2 Å². The molecule has 2 heterocycles. The molecule has 178 valence electrons. The third-order valence-electron chi connectivity index (χ3n) is 5.51. The van der Waals surface area contributed by atoms with E-state index < -0.39 is 18.4 Å². The van der Waals surface area contributed by atoms with E-state index in [2.05, 4.69) is 9.97 Å². The fourth-order valence-electron chi connectivity index (χ4n) is 3.98. The van der Waals surface area contributed by atoms with Gasteiger partial charge in [0.15, 0.2) is 6.23 Å². The highest BCUT2D eigenvalue weighted by Crippen LogP contribution is 2.45. The number of benzene rings is 2. The number of likely N-dealkylation sites (N-methyl/N-ethyl adjacent to an activating group) is 1. The topological polar surface area (TPSA) is 64.6 Å². The number of rotatable bonds is 4. The van der Waals surface area contributed by atoms with Gasteiger partial charge in [-0.1, -0.05) is 41.4 Å². The first-order valence-corrected chi connectivity index (χ1v) is 10.8. The molecular formula is C23H18Cl2F3N3O3. The Hall–Kier alpha value is -2.88. The van der Waals surface area contributed by atoms with Crippen LogP contribution < -0.4 is 4.74 Å². The van der Waals surface area contributed by atoms with Crippen LogP contribution in [0.3, 0.4) is 0 Å². The molecule has 0 N–H and O–H groups in total. The minimum atomic E-state index is -5.14. The van der Waals surface area contributed by atoms with Gasteiger partial charge in [-0.05, 0) is 36.4 Å². The molecule has 0 amide bonds. The van der Waals surface area contributed by atoms with Crippen LogP contribution in [-0.4, -0.2) is 47.7 Å². The third kappa shape index (κ3) is 4.82. The van der Waals surface area contributed by atoms with E-state index in [9.17, 15) is 18.0 Å². The van der Waals surface area contributed by atoms with Crippen LogP contribution in [0.15, 0.2) is 48.8 Å². The molecule has 0 aliphatic carbocycles. The number of alkyl halides is 3. The van der Waals surface area contributed by atoms with Gasteiger partial charge in [-0.3, -0.25) is 4.90 Å². The van der Waals surface area contributed by atoms with Gasteiger partial charge in [0.25, 0.3) is 0 Å². The molecule has 1 aliphatic heterocycles. The molecule has 34 heavy (non-hydrogen) atoms. The Kier molecular flexibility index (Phi) is 6.71. The fourth-order valence-corrected chi connectivity index (χ4v) is 4.58. The van der Waals surface area contributed by atoms with E-state index in [0.29, 0.717) is 22.2 Å². The molecule has 4 rings (SSSR count). The molecule has 2 atom stereocenters. The zero-order valence-electron chi connectivity index (χ0n) is 17.9. The third-order valence-corrected chi connectivity index (χ3v) is 6.04. The maximum Gasteiger partial charge on any atom is 0.490 e. The van der Waals surface area contributed by atoms with E-state index in [1.54, 1.807) is 19.2 Å². The first kappa shape index (κ1) is 24.3. The summed E-state index contributed by atoms with van der Waals surface area (Å²) in [5.41, 5.74) is 3.12. The molecule has 11 heteroatoms. The highest BCUT2D eigenvalue weighted by molar-refractivity contribution is 6.35. The average molecular weight is 512 g/mol. The van der Waals surface area contributed by atoms with Crippen LogP contribution in [-0.2, 0) is 9.53 Å². The molecule has 0 saturated carbocycles. The van der Waals surface area contributed by atoms with Crippen LogP contribution in [0.1, 0.15) is 28.8 Å². The molecule has 0 bridgehead atoms. The van der Waals surface area contributed by atoms with Crippen molar-refractivity contribution in [3.05, 3.63) is 75.5 Å². The van der Waals surface area contributed by atoms with Crippen molar-refractivity contribution in [1.29, 1.82) is 0 Å². The number of hydrogen-bond donors (Lipinski definition) is 0. The van der Waals surface area contributed by atoms with Crippen molar-refractivity contribution in [2.75, 3.05) is 20.7 Å². The molecule has 6 nitrogen and oxygen atoms in total. The molecule has 1 unspecified atom stereocenters. The van der Waals surface area contributed by atoms with Crippen molar-refractivity contribution < 1.29 is 27.4 Å². The first-order chi connectivity index (χ1) is 16.1. The van der Waals surface area contributed by atoms with Crippen LogP contribution in [0.5, 0.6) is 5.88 Å². The summed E-state index contributed by atoms with van der Waals surface area (Å²) in [5, 5.41) is 0.423. The lowest BCUT2D eigenvalue weighted by Gasteiger charge is -2.39. The summed E-state index contributed by atoms with van der Waals surface area (Å²) in [6.45, 7) is 0.246. The van der Waals surface area contributed by atoms with E-state index in [4.69, 9.17) is 32.7 Å². The number of ether oxygens (including phenoxy) is 2. The molecule has 1 aliphatic rings. The quantitative estimate of drug-likeness (QED) is 0.422. The molecule has 2 aromatic carbocycles. The minimum Gasteiger partial charge on any atom is -0.481 e. The van der Waals surface area contributed by atoms with Crippen molar-refractivity contribution in [2.45, 2.75) is 18.3 Å². The minimum absolute atomic E-state index is 0.107. The van der Waals surface area contributed by atoms with Gasteiger partial charge in [0, 0.05) is 34.7 Å². The van der Waals surface area contributed by atoms with Gasteiger partial charge >= 0.3 is 12.1 Å². The monoisotopic (exact) mass is 511 g/mol. The number of methoxy groups -OCH3 is 1. The van der Waals surface area contributed by atoms with Crippen molar-refractivity contribution in [2.24, 2.45) is 0 Å². The van der Waals surface area contributed by atoms with Gasteiger partial charge in [0.05, 0.1) is 17.8 Å². The van der Waals surface area contributed by atoms with Crippen LogP contribution >= 0.6 is 23.2 Å². The Morgan fingerprint density at radius 2 is 1.91 bits per heavy atom. The van der Waals surface area contributed by atoms with E-state index in [0.717, 1.165) is 11.1 Å². The van der Waals surface area contributed by atoms with Crippen LogP contribution in [0, 0.1) is 0 Å². The molecule has 0 fully saturated rings. The summed E-state index contributed by atoms with van der Waals surface area (Å²) in [4.78, 5) is 21.4. The zero-order valence-corrected chi connectivity index (χ0v) is 19.4. The van der Waals surface area contributed by atoms with E-state index in [1.807, 2.05) is 24.3 Å². The summed E-state index contributed by atoms with van der Waals surface area (Å²) in [6, 6.07) is 12.3. The number of halogens is 5. The van der Waals surface area contributed by atoms with Gasteiger partial charge in [0.2, 0.25) is 5.88 Å². The Labute approximate surface area is 203 Å². The van der Waals surface area contributed by atoms with Gasteiger partial charge in [-0.25, -0.2) is 14.8 Å². The molecule has 1 aromatic heterocycles. The van der Waals surface area contributed by atoms with Crippen LogP contribution in [0.25, 0.3) is 11.3 Å². The van der Waals surface area contributed by atoms with Crippen molar-refractivity contribution in [3.63, 3.8) is 0 Å². The summed E-state index contributed by atoms with van der Waals surface area (Å²) in [5.74, 6) is -2.20. The van der Waals surface area contributed by atoms with Crippen molar-refractivity contribution in [1.82, 2.24) is 14.9 Å². The average Bonchev–Trinajstić information content (AvgIpc) is 2.80. The second-order valence-electron chi connectivity index (χ2n) is 7.71. The van der Waals surface area contributed by atoms with E-state index in [1.165, 1.54) is 24.4 Å². The van der Waals surface area contributed by atoms with Crippen LogP contribution in [0.4, 0.5) is 13.2 Å². The van der Waals surface area contributed by atoms with E-state index in [-0.39, 0.29) is 23.0 Å². The first-order valence-electron chi connectivity index (χ1n) is 10.0. The second kappa shape index (κ2) is 9.40. The van der Waals surface area contributed by atoms with E-state index >= 15 is 0 Å². The summed E-state index contributed by atoms with van der Waals surface area (Å²) < 4.78 is 48.7. The number of carbonyl (C=O) groups is 1. The lowest BCUT2D eigenvalue weighted by Crippen LogP contribution is -2.40. The lowest BCUT2D eigenvalue weighted by molar-refractivity contribution is -0.213. The number of aromatic nitrogens is 2. The Morgan fingerprint density at radius 1 is 1.15 bits per heavy atom. The number of fused-ring (bicyclic) bond motifs is 1. The van der Waals surface area contributed by atoms with Gasteiger partial charge < -0.3 is 9.47 Å². The van der Waals surface area contributed by atoms with Gasteiger partial charge in [-0.15, -0.1) is 0 Å². The molecular weight excluding hydrogens is 494 g/mol. The standard InChI is InChI=1S/C23H18Cl2F3N3O3/c1-31-10-16(12-4-3-5-13(6-12)18-9-19(33-2)30-11-29-18)15-7-14(24)8-17(25)20(15)21(31)34-22(32)23(26,27)28/h3-9,11,16,21H,10H2,1-2H3/t16-,21?/m0/s1. The largest absolute Gasteiger partial charge is 0.490 e. The zero-order chi connectivity index (χ0) is 24.6. The van der Waals surface area contributed by atoms with Crippen molar-refractivity contribution >= 4 is 29.2 Å². The predicted molar refractivity (Wildman–Crippen MR) is 120 cm³/mol. The Bertz CT molecular complexity index is 1240. The normalized spacial score (nSPS) is 18.3. The highest BCUT2D eigenvalue weighted by atomic mass is 35.5. The predicted octanol–water partition coefficient (Wildman–Crippen LogP) is 5.64. The fraction of sp³-hybridized carbons (Fsp3) is 0.261. The molecule has 0 spiro atoms. The maximum absolute atomic E-state index is 12.9. The second-order valence-corrected chi connectivity index (χ2v) is 8.55. The number of nitrogens with zero attached hydrogens (tertiary/aromatic N) is 3. The van der Waals surface area contributed by atoms with Gasteiger partial charge in [0.1, 0.15) is 6.33 Å². The number of esters is 1. The lowest BCUT2D eigenvalue weighted by atomic mass is 9.83. The smallest absolute Gasteiger partial charge is 0.481 e. The molecule has 0 radical (unpaired) electrons. The summed E-state index contributed by atoms with van der Waals surface area (Å²) in [6.07, 6.45) is -5.06. The summed E-state index contributed by atoms with van der Waals surface area (Å²) >= 11 is 12.6. The van der Waals surface area contributed by atoms with Crippen molar-refractivity contribution in [3.8, 4) is 17.1 Å². The Balaban J connectivity index is 1.78. The highest BCUT2D eigenvalue weighted by Gasteiger charge is 2.45. The maximum atomic E-state index is 12.9. The molecule has 3 aromatic rings. The summed E-state index contributed by atoms with van der Waals surface area (Å²) in [7, 11) is 3.07. The Morgan fingerprint density at radius 3 is 2.62 bits per heavy atom. The number of carbonyl (C=O) groups excluding carboxylic acids is 1. The van der Waals surface area contributed by atoms with Crippen LogP contribution in [0.2, 0.25) is 10.0 Å². The number of hydrogen-bond acceptors (Lipinski definition) is 6. The molecule has 0 saturated heterocycles.